The van der Waals surface area contributed by atoms with Crippen molar-refractivity contribution < 1.29 is 9.59 Å². The van der Waals surface area contributed by atoms with Crippen LogP contribution in [0.5, 0.6) is 0 Å². The van der Waals surface area contributed by atoms with Gasteiger partial charge in [0.1, 0.15) is 0 Å². The van der Waals surface area contributed by atoms with Gasteiger partial charge in [0.2, 0.25) is 5.91 Å². The summed E-state index contributed by atoms with van der Waals surface area (Å²) in [5, 5.41) is 0. The Bertz CT molecular complexity index is 1120. The normalized spacial score (nSPS) is 12.3. The molecule has 5 nitrogen and oxygen atoms in total. The monoisotopic (exact) mass is 415 g/mol. The molecule has 31 heavy (non-hydrogen) atoms. The van der Waals surface area contributed by atoms with Crippen LogP contribution in [0.4, 0.5) is 5.69 Å². The zero-order chi connectivity index (χ0) is 22.5. The average Bonchev–Trinajstić information content (AvgIpc) is 2.89. The van der Waals surface area contributed by atoms with Crippen molar-refractivity contribution in [1.29, 1.82) is 0 Å². The van der Waals surface area contributed by atoms with Crippen LogP contribution >= 0.6 is 0 Å². The lowest BCUT2D eigenvalue weighted by Crippen LogP contribution is -2.26. The van der Waals surface area contributed by atoms with E-state index in [0.29, 0.717) is 18.4 Å². The lowest BCUT2D eigenvalue weighted by atomic mass is 9.96. The van der Waals surface area contributed by atoms with Gasteiger partial charge in [-0.3, -0.25) is 14.6 Å². The van der Waals surface area contributed by atoms with Gasteiger partial charge in [-0.2, -0.15) is 0 Å². The van der Waals surface area contributed by atoms with Crippen LogP contribution in [0, 0.1) is 0 Å². The second-order valence-corrected chi connectivity index (χ2v) is 7.38. The van der Waals surface area contributed by atoms with E-state index in [1.54, 1.807) is 24.2 Å². The van der Waals surface area contributed by atoms with Gasteiger partial charge in [-0.1, -0.05) is 45.0 Å². The highest BCUT2D eigenvalue weighted by atomic mass is 16.2. The van der Waals surface area contributed by atoms with E-state index in [1.807, 2.05) is 50.2 Å². The Morgan fingerprint density at radius 2 is 1.81 bits per heavy atom. The van der Waals surface area contributed by atoms with Crippen LogP contribution in [0.15, 0.2) is 54.7 Å². The summed E-state index contributed by atoms with van der Waals surface area (Å²) in [4.78, 5) is 30.7. The molecular formula is C26H29N3O2. The first kappa shape index (κ1) is 22.2. The van der Waals surface area contributed by atoms with E-state index in [9.17, 15) is 9.59 Å². The molecule has 0 aliphatic carbocycles. The number of nitrogens with zero attached hydrogens (tertiary/aromatic N) is 2. The summed E-state index contributed by atoms with van der Waals surface area (Å²) in [5.41, 5.74) is 12.7. The number of aryl methyl sites for hydroxylation is 1. The third-order valence-electron chi connectivity index (χ3n) is 5.56. The number of primary amides is 1. The van der Waals surface area contributed by atoms with Crippen LogP contribution < -0.4 is 10.6 Å². The maximum Gasteiger partial charge on any atom is 0.258 e. The third-order valence-corrected chi connectivity index (χ3v) is 5.56. The van der Waals surface area contributed by atoms with Gasteiger partial charge in [0.05, 0.1) is 11.9 Å². The van der Waals surface area contributed by atoms with Gasteiger partial charge in [0, 0.05) is 36.7 Å². The van der Waals surface area contributed by atoms with Gasteiger partial charge in [-0.15, -0.1) is 0 Å². The van der Waals surface area contributed by atoms with E-state index in [-0.39, 0.29) is 5.91 Å². The minimum Gasteiger partial charge on any atom is -0.366 e. The van der Waals surface area contributed by atoms with Gasteiger partial charge < -0.3 is 10.6 Å². The van der Waals surface area contributed by atoms with Gasteiger partial charge in [-0.05, 0) is 52.9 Å². The van der Waals surface area contributed by atoms with Gasteiger partial charge >= 0.3 is 0 Å². The number of nitrogens with two attached hydrogens (primary N) is 1. The number of anilines is 1. The van der Waals surface area contributed by atoms with Crippen LogP contribution in [0.1, 0.15) is 69.4 Å². The smallest absolute Gasteiger partial charge is 0.258 e. The molecule has 4 rings (SSSR count). The molecule has 2 amide bonds. The number of aromatic nitrogens is 1. The SMILES string of the molecule is CC.CCc1ccc(C(N)=O)cc1Cc1cc2c(cn1)N(C)C(=O)c1ccccc1C2. The molecule has 0 spiro atoms. The Labute approximate surface area is 183 Å². The lowest BCUT2D eigenvalue weighted by Gasteiger charge is -2.18. The molecule has 0 fully saturated rings. The molecule has 2 heterocycles. The van der Waals surface area contributed by atoms with Crippen molar-refractivity contribution in [3.05, 3.63) is 93.8 Å². The molecular weight excluding hydrogens is 386 g/mol. The third kappa shape index (κ3) is 4.50. The summed E-state index contributed by atoms with van der Waals surface area (Å²) < 4.78 is 0. The number of carbonyl (C=O) groups is 2. The van der Waals surface area contributed by atoms with Gasteiger partial charge in [0.15, 0.2) is 0 Å². The van der Waals surface area contributed by atoms with Crippen LogP contribution in [0.25, 0.3) is 0 Å². The Morgan fingerprint density at radius 3 is 2.52 bits per heavy atom. The number of fused-ring (bicyclic) bond motifs is 2. The fourth-order valence-corrected chi connectivity index (χ4v) is 3.94. The van der Waals surface area contributed by atoms with E-state index in [2.05, 4.69) is 18.0 Å². The molecule has 1 aliphatic heterocycles. The summed E-state index contributed by atoms with van der Waals surface area (Å²) in [6.45, 7) is 6.09. The van der Waals surface area contributed by atoms with Crippen molar-refractivity contribution in [3.63, 3.8) is 0 Å². The Hall–Kier alpha value is -3.47. The van der Waals surface area contributed by atoms with Crippen LogP contribution in [0.3, 0.4) is 0 Å². The number of hydrogen-bond acceptors (Lipinski definition) is 3. The zero-order valence-corrected chi connectivity index (χ0v) is 18.6. The van der Waals surface area contributed by atoms with E-state index in [0.717, 1.165) is 40.1 Å². The van der Waals surface area contributed by atoms with Crippen molar-refractivity contribution in [2.45, 2.75) is 40.0 Å². The average molecular weight is 416 g/mol. The Kier molecular flexibility index (Phi) is 6.85. The maximum absolute atomic E-state index is 12.8. The number of hydrogen-bond donors (Lipinski definition) is 1. The van der Waals surface area contributed by atoms with Crippen molar-refractivity contribution in [1.82, 2.24) is 4.98 Å². The van der Waals surface area contributed by atoms with E-state index >= 15 is 0 Å². The predicted molar refractivity (Wildman–Crippen MR) is 125 cm³/mol. The van der Waals surface area contributed by atoms with Crippen molar-refractivity contribution in [2.24, 2.45) is 5.73 Å². The fourth-order valence-electron chi connectivity index (χ4n) is 3.94. The van der Waals surface area contributed by atoms with Crippen molar-refractivity contribution >= 4 is 17.5 Å². The summed E-state index contributed by atoms with van der Waals surface area (Å²) in [5.74, 6) is -0.447. The quantitative estimate of drug-likeness (QED) is 0.680. The number of carbonyl (C=O) groups excluding carboxylic acids is 2. The molecule has 160 valence electrons. The lowest BCUT2D eigenvalue weighted by molar-refractivity contribution is 0.0987. The molecule has 0 saturated carbocycles. The molecule has 1 aromatic heterocycles. The Morgan fingerprint density at radius 1 is 1.06 bits per heavy atom. The molecule has 0 atom stereocenters. The molecule has 5 heteroatoms. The molecule has 3 aromatic rings. The number of benzene rings is 2. The fraction of sp³-hybridized carbons (Fsp3) is 0.269. The summed E-state index contributed by atoms with van der Waals surface area (Å²) >= 11 is 0. The summed E-state index contributed by atoms with van der Waals surface area (Å²) in [6, 6.07) is 15.4. The minimum atomic E-state index is -0.430. The van der Waals surface area contributed by atoms with E-state index in [1.165, 1.54) is 5.56 Å². The highest BCUT2D eigenvalue weighted by molar-refractivity contribution is 6.08. The first-order valence-electron chi connectivity index (χ1n) is 10.7. The van der Waals surface area contributed by atoms with Crippen molar-refractivity contribution in [3.8, 4) is 0 Å². The highest BCUT2D eigenvalue weighted by Gasteiger charge is 2.24. The standard InChI is InChI=1S/C24H23N3O2.C2H6/c1-3-15-8-9-17(23(25)28)11-18(15)12-20-13-19-10-16-6-4-5-7-21(16)24(29)27(2)22(19)14-26-20;1-2/h4-9,11,13-14H,3,10,12H2,1-2H3,(H2,25,28);1-2H3. The summed E-state index contributed by atoms with van der Waals surface area (Å²) in [6.07, 6.45) is 3.93. The van der Waals surface area contributed by atoms with Gasteiger partial charge in [-0.25, -0.2) is 0 Å². The van der Waals surface area contributed by atoms with Crippen LogP contribution in [-0.4, -0.2) is 23.8 Å². The second kappa shape index (κ2) is 9.56. The van der Waals surface area contributed by atoms with E-state index in [4.69, 9.17) is 5.73 Å². The summed E-state index contributed by atoms with van der Waals surface area (Å²) in [7, 11) is 1.79. The topological polar surface area (TPSA) is 76.3 Å². The Balaban J connectivity index is 0.00000132. The molecule has 1 aliphatic rings. The van der Waals surface area contributed by atoms with E-state index < -0.39 is 5.91 Å². The molecule has 2 N–H and O–H groups in total. The molecule has 0 bridgehead atoms. The highest BCUT2D eigenvalue weighted by Crippen LogP contribution is 2.30. The molecule has 0 radical (unpaired) electrons. The number of rotatable bonds is 4. The first-order valence-corrected chi connectivity index (χ1v) is 10.7. The van der Waals surface area contributed by atoms with Gasteiger partial charge in [0.25, 0.3) is 5.91 Å². The van der Waals surface area contributed by atoms with Crippen LogP contribution in [0.2, 0.25) is 0 Å². The largest absolute Gasteiger partial charge is 0.366 e. The molecule has 0 saturated heterocycles. The molecule has 2 aromatic carbocycles. The number of amides is 2. The van der Waals surface area contributed by atoms with Crippen molar-refractivity contribution in [2.75, 3.05) is 11.9 Å². The van der Waals surface area contributed by atoms with Crippen LogP contribution in [-0.2, 0) is 19.3 Å². The minimum absolute atomic E-state index is 0.0173. The molecule has 0 unspecified atom stereocenters. The predicted octanol–water partition coefficient (Wildman–Crippen LogP) is 4.54. The zero-order valence-electron chi connectivity index (χ0n) is 18.6. The maximum atomic E-state index is 12.8. The first-order chi connectivity index (χ1) is 15.0. The number of pyridine rings is 1. The second-order valence-electron chi connectivity index (χ2n) is 7.38.